The minimum absolute atomic E-state index is 0.0150. The third-order valence-corrected chi connectivity index (χ3v) is 3.21. The Labute approximate surface area is 104 Å². The summed E-state index contributed by atoms with van der Waals surface area (Å²) in [5.74, 6) is 0. The molecule has 15 heavy (non-hydrogen) atoms. The maximum absolute atomic E-state index is 9.06. The molecule has 0 fully saturated rings. The SMILES string of the molecule is CCCCC(OC)n1cc(CO)c(I)n1. The van der Waals surface area contributed by atoms with Crippen LogP contribution in [0.4, 0.5) is 0 Å². The lowest BCUT2D eigenvalue weighted by Gasteiger charge is -2.14. The molecule has 1 N–H and O–H groups in total. The Kier molecular flexibility index (Phi) is 5.55. The molecule has 0 saturated heterocycles. The fraction of sp³-hybridized carbons (Fsp3) is 0.700. The van der Waals surface area contributed by atoms with Gasteiger partial charge in [0.2, 0.25) is 0 Å². The summed E-state index contributed by atoms with van der Waals surface area (Å²) in [6, 6.07) is 0. The van der Waals surface area contributed by atoms with Gasteiger partial charge in [0.1, 0.15) is 9.93 Å². The van der Waals surface area contributed by atoms with Gasteiger partial charge in [-0.1, -0.05) is 13.3 Å². The summed E-state index contributed by atoms with van der Waals surface area (Å²) < 4.78 is 8.00. The van der Waals surface area contributed by atoms with Crippen molar-refractivity contribution in [3.8, 4) is 0 Å². The quantitative estimate of drug-likeness (QED) is 0.817. The Bertz CT molecular complexity index is 302. The van der Waals surface area contributed by atoms with E-state index in [1.807, 2.05) is 6.20 Å². The molecule has 1 aromatic rings. The molecular weight excluding hydrogens is 307 g/mol. The predicted octanol–water partition coefficient (Wildman–Crippen LogP) is 2.32. The largest absolute Gasteiger partial charge is 0.392 e. The van der Waals surface area contributed by atoms with Crippen molar-refractivity contribution in [3.63, 3.8) is 0 Å². The Morgan fingerprint density at radius 1 is 1.67 bits per heavy atom. The van der Waals surface area contributed by atoms with Crippen molar-refractivity contribution in [2.75, 3.05) is 7.11 Å². The highest BCUT2D eigenvalue weighted by Crippen LogP contribution is 2.18. The van der Waals surface area contributed by atoms with E-state index in [1.165, 1.54) is 0 Å². The summed E-state index contributed by atoms with van der Waals surface area (Å²) in [5, 5.41) is 13.4. The maximum atomic E-state index is 9.06. The summed E-state index contributed by atoms with van der Waals surface area (Å²) in [6.07, 6.45) is 5.05. The lowest BCUT2D eigenvalue weighted by atomic mass is 10.2. The van der Waals surface area contributed by atoms with Crippen LogP contribution in [0.1, 0.15) is 38.0 Å². The van der Waals surface area contributed by atoms with Gasteiger partial charge in [0.25, 0.3) is 0 Å². The van der Waals surface area contributed by atoms with Crippen LogP contribution in [0.3, 0.4) is 0 Å². The molecule has 0 bridgehead atoms. The number of nitrogens with zero attached hydrogens (tertiary/aromatic N) is 2. The van der Waals surface area contributed by atoms with Gasteiger partial charge >= 0.3 is 0 Å². The number of halogens is 1. The molecule has 5 heteroatoms. The zero-order valence-corrected chi connectivity index (χ0v) is 11.3. The number of ether oxygens (including phenoxy) is 1. The Hall–Kier alpha value is -0.140. The zero-order chi connectivity index (χ0) is 11.3. The van der Waals surface area contributed by atoms with Crippen molar-refractivity contribution in [2.24, 2.45) is 0 Å². The van der Waals surface area contributed by atoms with E-state index < -0.39 is 0 Å². The van der Waals surface area contributed by atoms with E-state index in [2.05, 4.69) is 34.6 Å². The molecule has 0 saturated carbocycles. The van der Waals surface area contributed by atoms with Gasteiger partial charge in [-0.3, -0.25) is 0 Å². The molecule has 0 aliphatic rings. The second kappa shape index (κ2) is 6.44. The highest BCUT2D eigenvalue weighted by molar-refractivity contribution is 14.1. The number of aliphatic hydroxyl groups is 1. The van der Waals surface area contributed by atoms with Gasteiger partial charge in [0.15, 0.2) is 0 Å². The number of hydrogen-bond donors (Lipinski definition) is 1. The first-order valence-corrected chi connectivity index (χ1v) is 6.18. The van der Waals surface area contributed by atoms with Crippen LogP contribution in [-0.2, 0) is 11.3 Å². The van der Waals surface area contributed by atoms with Crippen molar-refractivity contribution in [2.45, 2.75) is 39.0 Å². The summed E-state index contributed by atoms with van der Waals surface area (Å²) in [7, 11) is 1.69. The molecule has 0 radical (unpaired) electrons. The minimum atomic E-state index is -0.0150. The number of aromatic nitrogens is 2. The molecule has 0 aliphatic heterocycles. The van der Waals surface area contributed by atoms with Crippen LogP contribution in [0.25, 0.3) is 0 Å². The Balaban J connectivity index is 2.73. The highest BCUT2D eigenvalue weighted by Gasteiger charge is 2.13. The van der Waals surface area contributed by atoms with Crippen LogP contribution < -0.4 is 0 Å². The molecule has 1 aromatic heterocycles. The molecule has 0 aromatic carbocycles. The molecule has 86 valence electrons. The summed E-state index contributed by atoms with van der Waals surface area (Å²) in [6.45, 7) is 2.18. The van der Waals surface area contributed by atoms with Crippen LogP contribution >= 0.6 is 22.6 Å². The highest BCUT2D eigenvalue weighted by atomic mass is 127. The first kappa shape index (κ1) is 12.9. The monoisotopic (exact) mass is 324 g/mol. The van der Waals surface area contributed by atoms with E-state index in [1.54, 1.807) is 11.8 Å². The normalized spacial score (nSPS) is 13.1. The van der Waals surface area contributed by atoms with E-state index in [4.69, 9.17) is 9.84 Å². The van der Waals surface area contributed by atoms with Gasteiger partial charge in [-0.25, -0.2) is 4.68 Å². The van der Waals surface area contributed by atoms with Gasteiger partial charge in [-0.2, -0.15) is 5.10 Å². The third-order valence-electron chi connectivity index (χ3n) is 2.30. The standard InChI is InChI=1S/C10H17IN2O2/c1-3-4-5-9(15-2)13-6-8(7-14)10(11)12-13/h6,9,14H,3-5,7H2,1-2H3. The van der Waals surface area contributed by atoms with Crippen molar-refractivity contribution < 1.29 is 9.84 Å². The van der Waals surface area contributed by atoms with E-state index in [9.17, 15) is 0 Å². The molecule has 4 nitrogen and oxygen atoms in total. The van der Waals surface area contributed by atoms with Crippen LogP contribution in [0.5, 0.6) is 0 Å². The van der Waals surface area contributed by atoms with Gasteiger partial charge in [-0.15, -0.1) is 0 Å². The van der Waals surface area contributed by atoms with E-state index in [0.717, 1.165) is 28.5 Å². The lowest BCUT2D eigenvalue weighted by molar-refractivity contribution is 0.0248. The van der Waals surface area contributed by atoms with Crippen molar-refractivity contribution >= 4 is 22.6 Å². The van der Waals surface area contributed by atoms with Gasteiger partial charge in [0.05, 0.1) is 6.61 Å². The van der Waals surface area contributed by atoms with Crippen molar-refractivity contribution in [1.29, 1.82) is 0 Å². The van der Waals surface area contributed by atoms with Gasteiger partial charge in [0, 0.05) is 18.9 Å². The zero-order valence-electron chi connectivity index (χ0n) is 9.11. The number of unbranched alkanes of at least 4 members (excludes halogenated alkanes) is 1. The predicted molar refractivity (Wildman–Crippen MR) is 66.4 cm³/mol. The second-order valence-corrected chi connectivity index (χ2v) is 4.44. The molecule has 0 spiro atoms. The molecule has 0 aliphatic carbocycles. The lowest BCUT2D eigenvalue weighted by Crippen LogP contribution is -2.11. The summed E-state index contributed by atoms with van der Waals surface area (Å²) >= 11 is 2.12. The number of hydrogen-bond acceptors (Lipinski definition) is 3. The van der Waals surface area contributed by atoms with Crippen LogP contribution in [0.2, 0.25) is 0 Å². The first-order chi connectivity index (χ1) is 7.22. The molecule has 1 rings (SSSR count). The molecule has 1 unspecified atom stereocenters. The molecule has 1 atom stereocenters. The van der Waals surface area contributed by atoms with Gasteiger partial charge < -0.3 is 9.84 Å². The van der Waals surface area contributed by atoms with Crippen LogP contribution in [0, 0.1) is 3.70 Å². The topological polar surface area (TPSA) is 47.3 Å². The van der Waals surface area contributed by atoms with Crippen LogP contribution in [0.15, 0.2) is 6.20 Å². The summed E-state index contributed by atoms with van der Waals surface area (Å²) in [4.78, 5) is 0. The van der Waals surface area contributed by atoms with Crippen LogP contribution in [-0.4, -0.2) is 22.0 Å². The van der Waals surface area contributed by atoms with E-state index in [0.29, 0.717) is 0 Å². The minimum Gasteiger partial charge on any atom is -0.392 e. The van der Waals surface area contributed by atoms with Gasteiger partial charge in [-0.05, 0) is 35.4 Å². The molecular formula is C10H17IN2O2. The Morgan fingerprint density at radius 2 is 2.40 bits per heavy atom. The average molecular weight is 324 g/mol. The van der Waals surface area contributed by atoms with Crippen molar-refractivity contribution in [3.05, 3.63) is 15.5 Å². The number of aliphatic hydroxyl groups excluding tert-OH is 1. The average Bonchev–Trinajstić information content (AvgIpc) is 2.61. The Morgan fingerprint density at radius 3 is 2.87 bits per heavy atom. The molecule has 0 amide bonds. The molecule has 1 heterocycles. The fourth-order valence-electron chi connectivity index (χ4n) is 1.40. The maximum Gasteiger partial charge on any atom is 0.149 e. The smallest absolute Gasteiger partial charge is 0.149 e. The second-order valence-electron chi connectivity index (χ2n) is 3.42. The van der Waals surface area contributed by atoms with E-state index in [-0.39, 0.29) is 12.8 Å². The first-order valence-electron chi connectivity index (χ1n) is 5.10. The van der Waals surface area contributed by atoms with Crippen molar-refractivity contribution in [1.82, 2.24) is 9.78 Å². The van der Waals surface area contributed by atoms with E-state index >= 15 is 0 Å². The number of methoxy groups -OCH3 is 1. The number of rotatable bonds is 6. The third kappa shape index (κ3) is 3.42. The fourth-order valence-corrected chi connectivity index (χ4v) is 1.96. The summed E-state index contributed by atoms with van der Waals surface area (Å²) in [5.41, 5.74) is 0.856.